The smallest absolute Gasteiger partial charge is 0.227 e. The number of piperidine rings is 1. The highest BCUT2D eigenvalue weighted by atomic mass is 35.5. The summed E-state index contributed by atoms with van der Waals surface area (Å²) < 4.78 is 0. The summed E-state index contributed by atoms with van der Waals surface area (Å²) in [7, 11) is 5.99. The molecule has 2 fully saturated rings. The fourth-order valence-electron chi connectivity index (χ4n) is 3.52. The number of hydrogen-bond donors (Lipinski definition) is 1. The molecule has 0 aliphatic carbocycles. The van der Waals surface area contributed by atoms with Crippen molar-refractivity contribution >= 4 is 36.6 Å². The predicted molar refractivity (Wildman–Crippen MR) is 106 cm³/mol. The van der Waals surface area contributed by atoms with Crippen LogP contribution in [0.2, 0.25) is 0 Å². The van der Waals surface area contributed by atoms with Crippen LogP contribution in [-0.4, -0.2) is 86.9 Å². The first kappa shape index (κ1) is 24.4. The Balaban J connectivity index is 0.00000288. The number of likely N-dealkylation sites (N-methyl/N-ethyl adjacent to an activating group) is 1. The zero-order chi connectivity index (χ0) is 16.8. The molecule has 0 aromatic rings. The molecular weight excluding hydrogens is 363 g/mol. The number of rotatable bonds is 7. The summed E-state index contributed by atoms with van der Waals surface area (Å²) in [5.41, 5.74) is 0. The number of nitrogens with one attached hydrogen (secondary N) is 1. The van der Waals surface area contributed by atoms with Crippen LogP contribution in [0.3, 0.4) is 0 Å². The molecule has 25 heavy (non-hydrogen) atoms. The Morgan fingerprint density at radius 1 is 1.24 bits per heavy atom. The van der Waals surface area contributed by atoms with E-state index in [0.29, 0.717) is 13.0 Å². The molecule has 2 rings (SSSR count). The highest BCUT2D eigenvalue weighted by Crippen LogP contribution is 2.25. The Bertz CT molecular complexity index is 415. The monoisotopic (exact) mass is 396 g/mol. The lowest BCUT2D eigenvalue weighted by Gasteiger charge is -2.33. The standard InChI is InChI=1S/C17H32N4O2.2ClH/c1-18-7-4-14-5-8-20(9-6-14)17(23)15-12-16(22)21(13-15)11-10-19(2)3;;/h14-15,18H,4-13H2,1-3H3;2*1H. The van der Waals surface area contributed by atoms with Crippen molar-refractivity contribution in [3.05, 3.63) is 0 Å². The lowest BCUT2D eigenvalue weighted by atomic mass is 9.92. The van der Waals surface area contributed by atoms with E-state index in [1.165, 1.54) is 6.42 Å². The highest BCUT2D eigenvalue weighted by molar-refractivity contribution is 5.89. The van der Waals surface area contributed by atoms with Gasteiger partial charge in [0.15, 0.2) is 0 Å². The highest BCUT2D eigenvalue weighted by Gasteiger charge is 2.37. The van der Waals surface area contributed by atoms with E-state index >= 15 is 0 Å². The summed E-state index contributed by atoms with van der Waals surface area (Å²) in [6.07, 6.45) is 3.78. The molecule has 2 aliphatic heterocycles. The fraction of sp³-hybridized carbons (Fsp3) is 0.882. The van der Waals surface area contributed by atoms with Crippen molar-refractivity contribution in [3.63, 3.8) is 0 Å². The molecule has 0 aromatic carbocycles. The Morgan fingerprint density at radius 2 is 1.88 bits per heavy atom. The molecule has 0 radical (unpaired) electrons. The maximum atomic E-state index is 12.7. The molecule has 0 saturated carbocycles. The summed E-state index contributed by atoms with van der Waals surface area (Å²) in [6, 6.07) is 0. The number of amides is 2. The number of halogens is 2. The molecule has 2 heterocycles. The van der Waals surface area contributed by atoms with Crippen LogP contribution in [0.5, 0.6) is 0 Å². The van der Waals surface area contributed by atoms with Gasteiger partial charge in [0.2, 0.25) is 11.8 Å². The average Bonchev–Trinajstić information content (AvgIpc) is 2.91. The van der Waals surface area contributed by atoms with Crippen molar-refractivity contribution in [2.24, 2.45) is 11.8 Å². The number of likely N-dealkylation sites (tertiary alicyclic amines) is 2. The van der Waals surface area contributed by atoms with E-state index in [1.807, 2.05) is 30.9 Å². The van der Waals surface area contributed by atoms with E-state index in [9.17, 15) is 9.59 Å². The van der Waals surface area contributed by atoms with Gasteiger partial charge in [-0.3, -0.25) is 9.59 Å². The zero-order valence-electron chi connectivity index (χ0n) is 15.7. The van der Waals surface area contributed by atoms with Crippen LogP contribution in [0.25, 0.3) is 0 Å². The van der Waals surface area contributed by atoms with Gasteiger partial charge < -0.3 is 20.0 Å². The van der Waals surface area contributed by atoms with Gasteiger partial charge in [-0.15, -0.1) is 24.8 Å². The second-order valence-corrected chi connectivity index (χ2v) is 7.20. The zero-order valence-corrected chi connectivity index (χ0v) is 17.3. The maximum Gasteiger partial charge on any atom is 0.227 e. The molecular formula is C17H34Cl2N4O2. The van der Waals surface area contributed by atoms with Gasteiger partial charge in [0.05, 0.1) is 5.92 Å². The van der Waals surface area contributed by atoms with Crippen LogP contribution < -0.4 is 5.32 Å². The molecule has 8 heteroatoms. The lowest BCUT2D eigenvalue weighted by molar-refractivity contribution is -0.137. The van der Waals surface area contributed by atoms with E-state index in [2.05, 4.69) is 10.2 Å². The first-order valence-corrected chi connectivity index (χ1v) is 8.87. The van der Waals surface area contributed by atoms with Gasteiger partial charge in [-0.05, 0) is 52.9 Å². The summed E-state index contributed by atoms with van der Waals surface area (Å²) in [5, 5.41) is 3.20. The molecule has 0 aromatic heterocycles. The summed E-state index contributed by atoms with van der Waals surface area (Å²) in [4.78, 5) is 30.7. The third kappa shape index (κ3) is 7.29. The molecule has 1 atom stereocenters. The minimum atomic E-state index is -0.126. The molecule has 0 spiro atoms. The second kappa shape index (κ2) is 11.9. The quantitative estimate of drug-likeness (QED) is 0.699. The molecule has 1 unspecified atom stereocenters. The molecule has 6 nitrogen and oxygen atoms in total. The topological polar surface area (TPSA) is 55.9 Å². The third-order valence-corrected chi connectivity index (χ3v) is 5.11. The van der Waals surface area contributed by atoms with Crippen LogP contribution in [0.1, 0.15) is 25.7 Å². The second-order valence-electron chi connectivity index (χ2n) is 7.20. The Kier molecular flexibility index (Phi) is 11.7. The van der Waals surface area contributed by atoms with Gasteiger partial charge in [0.25, 0.3) is 0 Å². The largest absolute Gasteiger partial charge is 0.342 e. The van der Waals surface area contributed by atoms with Crippen molar-refractivity contribution in [1.82, 2.24) is 20.0 Å². The van der Waals surface area contributed by atoms with Gasteiger partial charge in [0.1, 0.15) is 0 Å². The van der Waals surface area contributed by atoms with Gasteiger partial charge in [-0.2, -0.15) is 0 Å². The summed E-state index contributed by atoms with van der Waals surface area (Å²) in [6.45, 7) is 4.94. The van der Waals surface area contributed by atoms with Crippen LogP contribution in [0, 0.1) is 11.8 Å². The first-order valence-electron chi connectivity index (χ1n) is 8.87. The van der Waals surface area contributed by atoms with Crippen LogP contribution >= 0.6 is 24.8 Å². The van der Waals surface area contributed by atoms with E-state index in [4.69, 9.17) is 0 Å². The normalized spacial score (nSPS) is 21.3. The number of nitrogens with zero attached hydrogens (tertiary/aromatic N) is 3. The molecule has 2 amide bonds. The van der Waals surface area contributed by atoms with E-state index < -0.39 is 0 Å². The molecule has 0 bridgehead atoms. The van der Waals surface area contributed by atoms with Gasteiger partial charge in [-0.1, -0.05) is 0 Å². The predicted octanol–water partition coefficient (Wildman–Crippen LogP) is 1.09. The SMILES string of the molecule is CNCCC1CCN(C(=O)C2CC(=O)N(CCN(C)C)C2)CC1.Cl.Cl. The van der Waals surface area contributed by atoms with Crippen molar-refractivity contribution in [2.75, 3.05) is 60.4 Å². The number of carbonyl (C=O) groups excluding carboxylic acids is 2. The first-order chi connectivity index (χ1) is 11.0. The van der Waals surface area contributed by atoms with Crippen molar-refractivity contribution in [2.45, 2.75) is 25.7 Å². The maximum absolute atomic E-state index is 12.7. The Hall–Kier alpha value is -0.560. The minimum Gasteiger partial charge on any atom is -0.342 e. The van der Waals surface area contributed by atoms with E-state index in [0.717, 1.165) is 51.5 Å². The lowest BCUT2D eigenvalue weighted by Crippen LogP contribution is -2.43. The molecule has 2 saturated heterocycles. The van der Waals surface area contributed by atoms with Crippen molar-refractivity contribution in [3.8, 4) is 0 Å². The Labute approximate surface area is 164 Å². The van der Waals surface area contributed by atoms with Gasteiger partial charge >= 0.3 is 0 Å². The fourth-order valence-corrected chi connectivity index (χ4v) is 3.52. The van der Waals surface area contributed by atoms with E-state index in [1.54, 1.807) is 0 Å². The Morgan fingerprint density at radius 3 is 2.44 bits per heavy atom. The minimum absolute atomic E-state index is 0. The average molecular weight is 397 g/mol. The molecule has 1 N–H and O–H groups in total. The number of hydrogen-bond acceptors (Lipinski definition) is 4. The van der Waals surface area contributed by atoms with Crippen LogP contribution in [-0.2, 0) is 9.59 Å². The molecule has 2 aliphatic rings. The van der Waals surface area contributed by atoms with Crippen LogP contribution in [0.4, 0.5) is 0 Å². The van der Waals surface area contributed by atoms with Gasteiger partial charge in [-0.25, -0.2) is 0 Å². The molecule has 148 valence electrons. The van der Waals surface area contributed by atoms with Crippen molar-refractivity contribution < 1.29 is 9.59 Å². The van der Waals surface area contributed by atoms with Crippen molar-refractivity contribution in [1.29, 1.82) is 0 Å². The summed E-state index contributed by atoms with van der Waals surface area (Å²) >= 11 is 0. The number of carbonyl (C=O) groups is 2. The summed E-state index contributed by atoms with van der Waals surface area (Å²) in [5.74, 6) is 0.929. The van der Waals surface area contributed by atoms with E-state index in [-0.39, 0.29) is 42.5 Å². The van der Waals surface area contributed by atoms with Crippen LogP contribution in [0.15, 0.2) is 0 Å². The van der Waals surface area contributed by atoms with Gasteiger partial charge in [0, 0.05) is 39.1 Å². The third-order valence-electron chi connectivity index (χ3n) is 5.11.